The van der Waals surface area contributed by atoms with Crippen LogP contribution in [0.5, 0.6) is 17.2 Å². The number of thioether (sulfide) groups is 1. The summed E-state index contributed by atoms with van der Waals surface area (Å²) in [6, 6.07) is 13.1. The molecule has 5 nitrogen and oxygen atoms in total. The van der Waals surface area contributed by atoms with Crippen LogP contribution in [0.3, 0.4) is 0 Å². The Morgan fingerprint density at radius 3 is 2.33 bits per heavy atom. The molecule has 0 aromatic heterocycles. The molecule has 27 heavy (non-hydrogen) atoms. The molecule has 0 unspecified atom stereocenters. The van der Waals surface area contributed by atoms with E-state index in [4.69, 9.17) is 26.4 Å². The summed E-state index contributed by atoms with van der Waals surface area (Å²) in [6.07, 6.45) is 1.81. The van der Waals surface area contributed by atoms with E-state index in [1.54, 1.807) is 26.2 Å². The van der Waals surface area contributed by atoms with Gasteiger partial charge in [0.15, 0.2) is 11.5 Å². The van der Waals surface area contributed by atoms with E-state index in [2.05, 4.69) is 0 Å². The Balaban J connectivity index is 1.79. The summed E-state index contributed by atoms with van der Waals surface area (Å²) in [5.41, 5.74) is 1.83. The maximum atomic E-state index is 12.8. The van der Waals surface area contributed by atoms with Gasteiger partial charge in [0.2, 0.25) is 0 Å². The van der Waals surface area contributed by atoms with Crippen molar-refractivity contribution in [3.8, 4) is 17.2 Å². The predicted molar refractivity (Wildman–Crippen MR) is 111 cm³/mol. The lowest BCUT2D eigenvalue weighted by atomic mass is 10.1. The highest BCUT2D eigenvalue weighted by atomic mass is 32.2. The highest BCUT2D eigenvalue weighted by Crippen LogP contribution is 2.35. The Kier molecular flexibility index (Phi) is 6.03. The monoisotopic (exact) mass is 401 g/mol. The number of thiocarbonyl (C=S) groups is 1. The molecule has 2 aromatic carbocycles. The molecule has 1 aliphatic heterocycles. The molecule has 0 spiro atoms. The number of ether oxygens (including phenoxy) is 3. The fourth-order valence-electron chi connectivity index (χ4n) is 2.64. The van der Waals surface area contributed by atoms with Gasteiger partial charge in [-0.2, -0.15) is 0 Å². The molecule has 1 saturated heterocycles. The molecular weight excluding hydrogens is 382 g/mol. The molecule has 1 heterocycles. The Hall–Kier alpha value is -2.51. The molecule has 0 saturated carbocycles. The van der Waals surface area contributed by atoms with Crippen LogP contribution < -0.4 is 14.2 Å². The summed E-state index contributed by atoms with van der Waals surface area (Å²) in [5.74, 6) is 1.93. The van der Waals surface area contributed by atoms with Crippen LogP contribution in [0.25, 0.3) is 6.08 Å². The van der Waals surface area contributed by atoms with Gasteiger partial charge >= 0.3 is 0 Å². The topological polar surface area (TPSA) is 48.0 Å². The second kappa shape index (κ2) is 8.45. The van der Waals surface area contributed by atoms with Gasteiger partial charge in [0, 0.05) is 0 Å². The van der Waals surface area contributed by atoms with E-state index in [9.17, 15) is 4.79 Å². The minimum Gasteiger partial charge on any atom is -0.497 e. The molecule has 2 aromatic rings. The first-order chi connectivity index (χ1) is 13.0. The van der Waals surface area contributed by atoms with Crippen molar-refractivity contribution in [2.45, 2.75) is 6.54 Å². The zero-order valence-electron chi connectivity index (χ0n) is 15.2. The zero-order valence-corrected chi connectivity index (χ0v) is 16.9. The third-order valence-corrected chi connectivity index (χ3v) is 5.46. The van der Waals surface area contributed by atoms with Gasteiger partial charge in [-0.1, -0.05) is 42.2 Å². The van der Waals surface area contributed by atoms with E-state index < -0.39 is 0 Å². The maximum absolute atomic E-state index is 12.8. The third kappa shape index (κ3) is 4.26. The smallest absolute Gasteiger partial charge is 0.266 e. The number of benzene rings is 2. The molecule has 140 valence electrons. The number of hydrogen-bond donors (Lipinski definition) is 0. The minimum absolute atomic E-state index is 0.101. The van der Waals surface area contributed by atoms with Crippen LogP contribution >= 0.6 is 24.0 Å². The number of hydrogen-bond acceptors (Lipinski definition) is 6. The second-order valence-electron chi connectivity index (χ2n) is 5.73. The lowest BCUT2D eigenvalue weighted by Gasteiger charge is -2.14. The fourth-order valence-corrected chi connectivity index (χ4v) is 3.90. The van der Waals surface area contributed by atoms with E-state index in [0.717, 1.165) is 16.9 Å². The summed E-state index contributed by atoms with van der Waals surface area (Å²) in [5, 5.41) is 0. The van der Waals surface area contributed by atoms with Crippen LogP contribution in [0.1, 0.15) is 11.1 Å². The van der Waals surface area contributed by atoms with Crippen LogP contribution in [0.4, 0.5) is 0 Å². The summed E-state index contributed by atoms with van der Waals surface area (Å²) in [6.45, 7) is 0.429. The van der Waals surface area contributed by atoms with E-state index in [1.165, 1.54) is 11.8 Å². The predicted octanol–water partition coefficient (Wildman–Crippen LogP) is 4.11. The van der Waals surface area contributed by atoms with Gasteiger partial charge in [-0.15, -0.1) is 0 Å². The Bertz CT molecular complexity index is 893. The van der Waals surface area contributed by atoms with Gasteiger partial charge < -0.3 is 14.2 Å². The number of nitrogens with zero attached hydrogens (tertiary/aromatic N) is 1. The van der Waals surface area contributed by atoms with Crippen molar-refractivity contribution in [3.05, 3.63) is 58.5 Å². The SMILES string of the molecule is COc1ccc(CN2C(=O)/C(=C\c3ccc(OC)c(OC)c3)SC2=S)cc1. The molecule has 7 heteroatoms. The van der Waals surface area contributed by atoms with Crippen molar-refractivity contribution in [2.24, 2.45) is 0 Å². The van der Waals surface area contributed by atoms with E-state index in [1.807, 2.05) is 48.5 Å². The summed E-state index contributed by atoms with van der Waals surface area (Å²) in [7, 11) is 4.79. The number of carbonyl (C=O) groups excluding carboxylic acids is 1. The Morgan fingerprint density at radius 2 is 1.70 bits per heavy atom. The van der Waals surface area contributed by atoms with E-state index >= 15 is 0 Å². The number of rotatable bonds is 6. The molecule has 0 radical (unpaired) electrons. The minimum atomic E-state index is -0.101. The first-order valence-corrected chi connectivity index (χ1v) is 9.38. The van der Waals surface area contributed by atoms with Crippen molar-refractivity contribution >= 4 is 40.3 Å². The summed E-state index contributed by atoms with van der Waals surface area (Å²) >= 11 is 6.70. The van der Waals surface area contributed by atoms with Crippen LogP contribution in [-0.2, 0) is 11.3 Å². The molecular formula is C20H19NO4S2. The van der Waals surface area contributed by atoms with Crippen molar-refractivity contribution in [3.63, 3.8) is 0 Å². The molecule has 0 N–H and O–H groups in total. The van der Waals surface area contributed by atoms with Crippen LogP contribution in [0.2, 0.25) is 0 Å². The summed E-state index contributed by atoms with van der Waals surface area (Å²) in [4.78, 5) is 15.0. The van der Waals surface area contributed by atoms with Crippen molar-refractivity contribution in [1.82, 2.24) is 4.90 Å². The van der Waals surface area contributed by atoms with Gasteiger partial charge in [-0.25, -0.2) is 0 Å². The Labute approximate surface area is 167 Å². The van der Waals surface area contributed by atoms with Gasteiger partial charge in [-0.05, 0) is 41.5 Å². The molecule has 1 amide bonds. The Morgan fingerprint density at radius 1 is 1.00 bits per heavy atom. The second-order valence-corrected chi connectivity index (χ2v) is 7.41. The molecule has 1 fully saturated rings. The maximum Gasteiger partial charge on any atom is 0.266 e. The van der Waals surface area contributed by atoms with Gasteiger partial charge in [0.25, 0.3) is 5.91 Å². The lowest BCUT2D eigenvalue weighted by Crippen LogP contribution is -2.27. The first kappa shape index (κ1) is 19.3. The van der Waals surface area contributed by atoms with Crippen molar-refractivity contribution in [2.75, 3.05) is 21.3 Å². The average molecular weight is 402 g/mol. The molecule has 1 aliphatic rings. The third-order valence-electron chi connectivity index (χ3n) is 4.08. The standard InChI is InChI=1S/C20H19NO4S2/c1-23-15-7-4-13(5-8-15)12-21-19(22)18(27-20(21)26)11-14-6-9-16(24-2)17(10-14)25-3/h4-11H,12H2,1-3H3/b18-11+. The van der Waals surface area contributed by atoms with Crippen LogP contribution in [-0.4, -0.2) is 36.5 Å². The molecule has 0 atom stereocenters. The average Bonchev–Trinajstić information content (AvgIpc) is 2.95. The van der Waals surface area contributed by atoms with Crippen molar-refractivity contribution < 1.29 is 19.0 Å². The quantitative estimate of drug-likeness (QED) is 0.536. The number of amides is 1. The number of methoxy groups -OCH3 is 3. The normalized spacial score (nSPS) is 15.4. The first-order valence-electron chi connectivity index (χ1n) is 8.16. The van der Waals surface area contributed by atoms with Gasteiger partial charge in [0.05, 0.1) is 32.8 Å². The van der Waals surface area contributed by atoms with Crippen LogP contribution in [0, 0.1) is 0 Å². The molecule has 0 bridgehead atoms. The highest BCUT2D eigenvalue weighted by Gasteiger charge is 2.32. The largest absolute Gasteiger partial charge is 0.497 e. The molecule has 0 aliphatic carbocycles. The zero-order chi connectivity index (χ0) is 19.4. The van der Waals surface area contributed by atoms with Gasteiger partial charge in [0.1, 0.15) is 10.1 Å². The van der Waals surface area contributed by atoms with Gasteiger partial charge in [-0.3, -0.25) is 9.69 Å². The van der Waals surface area contributed by atoms with E-state index in [-0.39, 0.29) is 5.91 Å². The lowest BCUT2D eigenvalue weighted by molar-refractivity contribution is -0.122. The van der Waals surface area contributed by atoms with Crippen molar-refractivity contribution in [1.29, 1.82) is 0 Å². The fraction of sp³-hybridized carbons (Fsp3) is 0.200. The van der Waals surface area contributed by atoms with E-state index in [0.29, 0.717) is 27.3 Å². The highest BCUT2D eigenvalue weighted by molar-refractivity contribution is 8.26. The van der Waals surface area contributed by atoms with Crippen LogP contribution in [0.15, 0.2) is 47.4 Å². The summed E-state index contributed by atoms with van der Waals surface area (Å²) < 4.78 is 16.3. The molecule has 3 rings (SSSR count). The number of carbonyl (C=O) groups is 1.